The van der Waals surface area contributed by atoms with E-state index < -0.39 is 0 Å². The van der Waals surface area contributed by atoms with Gasteiger partial charge in [-0.25, -0.2) is 4.98 Å². The number of pyridine rings is 1. The molecule has 0 saturated carbocycles. The van der Waals surface area contributed by atoms with Gasteiger partial charge in [-0.05, 0) is 63.5 Å². The highest BCUT2D eigenvalue weighted by molar-refractivity contribution is 6.30. The molecule has 2 N–H and O–H groups in total. The highest BCUT2D eigenvalue weighted by Gasteiger charge is 2.07. The third-order valence-corrected chi connectivity index (χ3v) is 4.14. The van der Waals surface area contributed by atoms with Gasteiger partial charge in [-0.2, -0.15) is 4.98 Å². The molecule has 0 fully saturated rings. The molecule has 7 heteroatoms. The fraction of sp³-hybridized carbons (Fsp3) is 0.250. The van der Waals surface area contributed by atoms with E-state index in [0.29, 0.717) is 16.8 Å². The minimum Gasteiger partial charge on any atom is -0.354 e. The molecule has 0 saturated heterocycles. The highest BCUT2D eigenvalue weighted by Crippen LogP contribution is 2.24. The van der Waals surface area contributed by atoms with Crippen molar-refractivity contribution >= 4 is 29.1 Å². The predicted molar refractivity (Wildman–Crippen MR) is 112 cm³/mol. The molecular formula is C20H23ClN6. The maximum absolute atomic E-state index is 5.97. The smallest absolute Gasteiger partial charge is 0.225 e. The van der Waals surface area contributed by atoms with Crippen LogP contribution in [-0.4, -0.2) is 47.0 Å². The van der Waals surface area contributed by atoms with Gasteiger partial charge in [0.15, 0.2) is 0 Å². The van der Waals surface area contributed by atoms with Crippen LogP contribution in [0.2, 0.25) is 5.02 Å². The van der Waals surface area contributed by atoms with E-state index in [1.807, 2.05) is 42.5 Å². The van der Waals surface area contributed by atoms with Crippen molar-refractivity contribution in [1.29, 1.82) is 0 Å². The molecule has 0 amide bonds. The van der Waals surface area contributed by atoms with Crippen molar-refractivity contribution in [3.05, 3.63) is 59.9 Å². The standard InChI is InChI=1S/C20H23ClN6/c1-27(2)13-3-10-23-20-25-18(15-8-11-22-12-9-15)14-19(26-20)24-17-6-4-16(21)5-7-17/h4-9,11-12,14H,3,10,13H2,1-2H3,(H2,23,24,25,26). The lowest BCUT2D eigenvalue weighted by molar-refractivity contribution is 0.405. The second-order valence-electron chi connectivity index (χ2n) is 6.41. The summed E-state index contributed by atoms with van der Waals surface area (Å²) in [6.45, 7) is 1.81. The summed E-state index contributed by atoms with van der Waals surface area (Å²) in [5.74, 6) is 1.31. The van der Waals surface area contributed by atoms with Crippen LogP contribution in [0.4, 0.5) is 17.5 Å². The van der Waals surface area contributed by atoms with Gasteiger partial charge >= 0.3 is 0 Å². The minimum absolute atomic E-state index is 0.597. The van der Waals surface area contributed by atoms with Gasteiger partial charge in [-0.1, -0.05) is 11.6 Å². The fourth-order valence-electron chi connectivity index (χ4n) is 2.54. The Hall–Kier alpha value is -2.70. The Morgan fingerprint density at radius 3 is 2.44 bits per heavy atom. The van der Waals surface area contributed by atoms with Crippen LogP contribution in [0.15, 0.2) is 54.9 Å². The summed E-state index contributed by atoms with van der Waals surface area (Å²) in [5.41, 5.74) is 2.74. The number of rotatable bonds is 8. The number of aromatic nitrogens is 3. The molecule has 3 rings (SSSR count). The number of hydrogen-bond donors (Lipinski definition) is 2. The van der Waals surface area contributed by atoms with E-state index in [2.05, 4.69) is 44.6 Å². The van der Waals surface area contributed by atoms with Crippen molar-refractivity contribution in [3.63, 3.8) is 0 Å². The molecule has 0 aliphatic heterocycles. The zero-order valence-electron chi connectivity index (χ0n) is 15.5. The van der Waals surface area contributed by atoms with Gasteiger partial charge in [-0.15, -0.1) is 0 Å². The molecule has 2 aromatic heterocycles. The molecule has 0 aliphatic carbocycles. The van der Waals surface area contributed by atoms with Crippen LogP contribution in [-0.2, 0) is 0 Å². The lowest BCUT2D eigenvalue weighted by Crippen LogP contribution is -2.17. The second kappa shape index (κ2) is 9.30. The summed E-state index contributed by atoms with van der Waals surface area (Å²) in [5, 5.41) is 7.33. The zero-order valence-corrected chi connectivity index (χ0v) is 16.2. The molecule has 6 nitrogen and oxygen atoms in total. The average molecular weight is 383 g/mol. The van der Waals surface area contributed by atoms with Crippen molar-refractivity contribution in [1.82, 2.24) is 19.9 Å². The molecule has 0 bridgehead atoms. The monoisotopic (exact) mass is 382 g/mol. The van der Waals surface area contributed by atoms with Gasteiger partial charge in [0.2, 0.25) is 5.95 Å². The van der Waals surface area contributed by atoms with Crippen LogP contribution >= 0.6 is 11.6 Å². The van der Waals surface area contributed by atoms with Gasteiger partial charge in [0, 0.05) is 41.3 Å². The number of benzene rings is 1. The van der Waals surface area contributed by atoms with Crippen LogP contribution < -0.4 is 10.6 Å². The van der Waals surface area contributed by atoms with Crippen LogP contribution in [0.25, 0.3) is 11.3 Å². The zero-order chi connectivity index (χ0) is 19.1. The number of nitrogens with one attached hydrogen (secondary N) is 2. The molecule has 0 unspecified atom stereocenters. The van der Waals surface area contributed by atoms with Crippen LogP contribution in [0.1, 0.15) is 6.42 Å². The Morgan fingerprint density at radius 2 is 1.74 bits per heavy atom. The third-order valence-electron chi connectivity index (χ3n) is 3.88. The second-order valence-corrected chi connectivity index (χ2v) is 6.85. The van der Waals surface area contributed by atoms with Crippen LogP contribution in [0.5, 0.6) is 0 Å². The summed E-state index contributed by atoms with van der Waals surface area (Å²) in [7, 11) is 4.13. The molecular weight excluding hydrogens is 360 g/mol. The van der Waals surface area contributed by atoms with Gasteiger partial charge in [0.25, 0.3) is 0 Å². The van der Waals surface area contributed by atoms with Crippen LogP contribution in [0, 0.1) is 0 Å². The Balaban J connectivity index is 1.82. The number of hydrogen-bond acceptors (Lipinski definition) is 6. The predicted octanol–water partition coefficient (Wildman–Crippen LogP) is 4.30. The Labute approximate surface area is 164 Å². The largest absolute Gasteiger partial charge is 0.354 e. The molecule has 27 heavy (non-hydrogen) atoms. The topological polar surface area (TPSA) is 66.0 Å². The molecule has 0 atom stereocenters. The van der Waals surface area contributed by atoms with E-state index in [4.69, 9.17) is 11.6 Å². The highest BCUT2D eigenvalue weighted by atomic mass is 35.5. The van der Waals surface area contributed by atoms with Crippen molar-refractivity contribution < 1.29 is 0 Å². The summed E-state index contributed by atoms with van der Waals surface area (Å²) < 4.78 is 0. The van der Waals surface area contributed by atoms with Crippen molar-refractivity contribution in [2.45, 2.75) is 6.42 Å². The molecule has 3 aromatic rings. The van der Waals surface area contributed by atoms with Crippen molar-refractivity contribution in [3.8, 4) is 11.3 Å². The summed E-state index contributed by atoms with van der Waals surface area (Å²) >= 11 is 5.97. The number of halogens is 1. The molecule has 1 aromatic carbocycles. The number of anilines is 3. The Kier molecular flexibility index (Phi) is 6.57. The summed E-state index contributed by atoms with van der Waals surface area (Å²) in [6, 6.07) is 13.3. The normalized spacial score (nSPS) is 10.8. The van der Waals surface area contributed by atoms with Crippen molar-refractivity contribution in [2.24, 2.45) is 0 Å². The van der Waals surface area contributed by atoms with Crippen molar-refractivity contribution in [2.75, 3.05) is 37.8 Å². The maximum atomic E-state index is 5.97. The minimum atomic E-state index is 0.597. The van der Waals surface area contributed by atoms with Crippen LogP contribution in [0.3, 0.4) is 0 Å². The Morgan fingerprint density at radius 1 is 1.00 bits per heavy atom. The van der Waals surface area contributed by atoms with E-state index in [9.17, 15) is 0 Å². The van der Waals surface area contributed by atoms with Gasteiger partial charge in [-0.3, -0.25) is 4.98 Å². The molecule has 2 heterocycles. The van der Waals surface area contributed by atoms with E-state index >= 15 is 0 Å². The first kappa shape index (κ1) is 19.1. The first-order chi connectivity index (χ1) is 13.1. The number of nitrogens with zero attached hydrogens (tertiary/aromatic N) is 4. The molecule has 0 radical (unpaired) electrons. The van der Waals surface area contributed by atoms with E-state index in [-0.39, 0.29) is 0 Å². The lowest BCUT2D eigenvalue weighted by atomic mass is 10.2. The molecule has 0 aliphatic rings. The molecule has 140 valence electrons. The van der Waals surface area contributed by atoms with Gasteiger partial charge < -0.3 is 15.5 Å². The van der Waals surface area contributed by atoms with E-state index in [1.165, 1.54) is 0 Å². The fourth-order valence-corrected chi connectivity index (χ4v) is 2.66. The SMILES string of the molecule is CN(C)CCCNc1nc(Nc2ccc(Cl)cc2)cc(-c2ccncc2)n1. The lowest BCUT2D eigenvalue weighted by Gasteiger charge is -2.13. The van der Waals surface area contributed by atoms with E-state index in [1.54, 1.807) is 12.4 Å². The quantitative estimate of drug-likeness (QED) is 0.566. The molecule has 0 spiro atoms. The van der Waals surface area contributed by atoms with Gasteiger partial charge in [0.05, 0.1) is 5.69 Å². The summed E-state index contributed by atoms with van der Waals surface area (Å²) in [4.78, 5) is 15.5. The maximum Gasteiger partial charge on any atom is 0.225 e. The summed E-state index contributed by atoms with van der Waals surface area (Å²) in [6.07, 6.45) is 4.53. The first-order valence-corrected chi connectivity index (χ1v) is 9.18. The van der Waals surface area contributed by atoms with Gasteiger partial charge in [0.1, 0.15) is 5.82 Å². The average Bonchev–Trinajstić information content (AvgIpc) is 2.67. The van der Waals surface area contributed by atoms with E-state index in [0.717, 1.165) is 36.5 Å². The third kappa shape index (κ3) is 5.91. The first-order valence-electron chi connectivity index (χ1n) is 8.81. The Bertz CT molecular complexity index is 852.